The number of aliphatic hydroxyl groups is 1. The molecule has 2 aromatic rings. The molecule has 18 heavy (non-hydrogen) atoms. The third kappa shape index (κ3) is 3.06. The molecule has 0 saturated carbocycles. The molecule has 0 aliphatic heterocycles. The quantitative estimate of drug-likeness (QED) is 0.836. The summed E-state index contributed by atoms with van der Waals surface area (Å²) >= 11 is 5.65. The molecule has 4 nitrogen and oxygen atoms in total. The van der Waals surface area contributed by atoms with Gasteiger partial charge in [0.1, 0.15) is 5.15 Å². The Labute approximate surface area is 109 Å². The van der Waals surface area contributed by atoms with E-state index in [1.165, 1.54) is 6.20 Å². The van der Waals surface area contributed by atoms with Gasteiger partial charge in [-0.05, 0) is 29.8 Å². The molecule has 92 valence electrons. The van der Waals surface area contributed by atoms with E-state index in [4.69, 9.17) is 16.7 Å². The Kier molecular flexibility index (Phi) is 3.92. The number of halogens is 1. The standard InChI is InChI=1S/C13H11ClN2O2/c14-12-5-4-10(7-15-12)13(18)16-11-3-1-2-9(6-11)8-17/h1-7,17H,8H2,(H,16,18). The molecule has 0 aliphatic carbocycles. The highest BCUT2D eigenvalue weighted by molar-refractivity contribution is 6.29. The van der Waals surface area contributed by atoms with Crippen molar-refractivity contribution in [3.05, 3.63) is 58.9 Å². The van der Waals surface area contributed by atoms with Crippen LogP contribution in [0, 0.1) is 0 Å². The number of aliphatic hydroxyl groups excluding tert-OH is 1. The van der Waals surface area contributed by atoms with E-state index in [2.05, 4.69) is 10.3 Å². The van der Waals surface area contributed by atoms with Gasteiger partial charge in [0.2, 0.25) is 0 Å². The monoisotopic (exact) mass is 262 g/mol. The van der Waals surface area contributed by atoms with Crippen molar-refractivity contribution in [1.29, 1.82) is 0 Å². The molecule has 0 spiro atoms. The van der Waals surface area contributed by atoms with Crippen molar-refractivity contribution in [3.8, 4) is 0 Å². The van der Waals surface area contributed by atoms with Crippen LogP contribution in [-0.4, -0.2) is 16.0 Å². The highest BCUT2D eigenvalue weighted by Gasteiger charge is 2.06. The minimum atomic E-state index is -0.269. The minimum Gasteiger partial charge on any atom is -0.392 e. The lowest BCUT2D eigenvalue weighted by Gasteiger charge is -2.06. The first-order valence-electron chi connectivity index (χ1n) is 5.32. The largest absolute Gasteiger partial charge is 0.392 e. The molecule has 5 heteroatoms. The first-order valence-corrected chi connectivity index (χ1v) is 5.69. The number of pyridine rings is 1. The zero-order valence-electron chi connectivity index (χ0n) is 9.43. The molecular weight excluding hydrogens is 252 g/mol. The van der Waals surface area contributed by atoms with Crippen LogP contribution >= 0.6 is 11.6 Å². The molecule has 0 aliphatic rings. The molecule has 1 amide bonds. The maximum absolute atomic E-state index is 11.9. The lowest BCUT2D eigenvalue weighted by Crippen LogP contribution is -2.12. The Morgan fingerprint density at radius 3 is 2.83 bits per heavy atom. The maximum Gasteiger partial charge on any atom is 0.257 e. The second kappa shape index (κ2) is 5.62. The normalized spacial score (nSPS) is 10.1. The topological polar surface area (TPSA) is 62.2 Å². The van der Waals surface area contributed by atoms with Crippen molar-refractivity contribution >= 4 is 23.2 Å². The molecule has 1 aromatic carbocycles. The predicted octanol–water partition coefficient (Wildman–Crippen LogP) is 2.48. The third-order valence-corrected chi connectivity index (χ3v) is 2.58. The van der Waals surface area contributed by atoms with Crippen LogP contribution in [0.1, 0.15) is 15.9 Å². The molecule has 2 rings (SSSR count). The van der Waals surface area contributed by atoms with Gasteiger partial charge in [-0.1, -0.05) is 23.7 Å². The highest BCUT2D eigenvalue weighted by Crippen LogP contribution is 2.13. The number of nitrogens with zero attached hydrogens (tertiary/aromatic N) is 1. The molecule has 0 atom stereocenters. The van der Waals surface area contributed by atoms with Crippen molar-refractivity contribution in [3.63, 3.8) is 0 Å². The summed E-state index contributed by atoms with van der Waals surface area (Å²) in [4.78, 5) is 15.7. The number of rotatable bonds is 3. The average Bonchev–Trinajstić information content (AvgIpc) is 2.39. The summed E-state index contributed by atoms with van der Waals surface area (Å²) in [5, 5.41) is 12.1. The van der Waals surface area contributed by atoms with E-state index in [1.807, 2.05) is 0 Å². The summed E-state index contributed by atoms with van der Waals surface area (Å²) in [5.74, 6) is -0.269. The van der Waals surface area contributed by atoms with Crippen molar-refractivity contribution in [2.75, 3.05) is 5.32 Å². The first kappa shape index (κ1) is 12.5. The van der Waals surface area contributed by atoms with Crippen LogP contribution in [0.3, 0.4) is 0 Å². The average molecular weight is 263 g/mol. The van der Waals surface area contributed by atoms with Gasteiger partial charge in [0, 0.05) is 11.9 Å². The van der Waals surface area contributed by atoms with Crippen LogP contribution < -0.4 is 5.32 Å². The van der Waals surface area contributed by atoms with Crippen LogP contribution in [0.4, 0.5) is 5.69 Å². The number of carbonyl (C=O) groups excluding carboxylic acids is 1. The van der Waals surface area contributed by atoms with Gasteiger partial charge in [0.15, 0.2) is 0 Å². The summed E-state index contributed by atoms with van der Waals surface area (Å²) in [6, 6.07) is 10.2. The van der Waals surface area contributed by atoms with E-state index >= 15 is 0 Å². The van der Waals surface area contributed by atoms with E-state index in [0.717, 1.165) is 5.56 Å². The van der Waals surface area contributed by atoms with Crippen LogP contribution in [0.15, 0.2) is 42.6 Å². The van der Waals surface area contributed by atoms with E-state index in [9.17, 15) is 4.79 Å². The number of carbonyl (C=O) groups is 1. The van der Waals surface area contributed by atoms with Gasteiger partial charge in [-0.2, -0.15) is 0 Å². The molecule has 0 unspecified atom stereocenters. The van der Waals surface area contributed by atoms with Crippen molar-refractivity contribution in [1.82, 2.24) is 4.98 Å². The number of benzene rings is 1. The summed E-state index contributed by atoms with van der Waals surface area (Å²) in [6.07, 6.45) is 1.41. The van der Waals surface area contributed by atoms with Crippen LogP contribution in [0.5, 0.6) is 0 Å². The number of anilines is 1. The SMILES string of the molecule is O=C(Nc1cccc(CO)c1)c1ccc(Cl)nc1. The molecule has 2 N–H and O–H groups in total. The second-order valence-corrected chi connectivity index (χ2v) is 4.07. The van der Waals surface area contributed by atoms with Gasteiger partial charge in [0.05, 0.1) is 12.2 Å². The number of aromatic nitrogens is 1. The number of hydrogen-bond acceptors (Lipinski definition) is 3. The number of amides is 1. The molecule has 0 saturated heterocycles. The fraction of sp³-hybridized carbons (Fsp3) is 0.0769. The smallest absolute Gasteiger partial charge is 0.257 e. The Morgan fingerprint density at radius 1 is 1.33 bits per heavy atom. The summed E-state index contributed by atoms with van der Waals surface area (Å²) in [5.41, 5.74) is 1.79. The van der Waals surface area contributed by atoms with Crippen LogP contribution in [0.2, 0.25) is 5.15 Å². The van der Waals surface area contributed by atoms with E-state index < -0.39 is 0 Å². The molecule has 1 aromatic heterocycles. The van der Waals surface area contributed by atoms with E-state index in [-0.39, 0.29) is 12.5 Å². The van der Waals surface area contributed by atoms with E-state index in [1.54, 1.807) is 36.4 Å². The zero-order chi connectivity index (χ0) is 13.0. The predicted molar refractivity (Wildman–Crippen MR) is 69.6 cm³/mol. The number of hydrogen-bond donors (Lipinski definition) is 2. The fourth-order valence-corrected chi connectivity index (χ4v) is 1.57. The lowest BCUT2D eigenvalue weighted by molar-refractivity contribution is 0.102. The first-order chi connectivity index (χ1) is 8.69. The molecule has 1 heterocycles. The second-order valence-electron chi connectivity index (χ2n) is 3.68. The van der Waals surface area contributed by atoms with Gasteiger partial charge in [-0.15, -0.1) is 0 Å². The summed E-state index contributed by atoms with van der Waals surface area (Å²) < 4.78 is 0. The van der Waals surface area contributed by atoms with Gasteiger partial charge in [-0.3, -0.25) is 4.79 Å². The van der Waals surface area contributed by atoms with Gasteiger partial charge in [0.25, 0.3) is 5.91 Å². The molecule has 0 radical (unpaired) electrons. The van der Waals surface area contributed by atoms with Crippen molar-refractivity contribution in [2.45, 2.75) is 6.61 Å². The van der Waals surface area contributed by atoms with Gasteiger partial charge in [-0.25, -0.2) is 4.98 Å². The molecule has 0 bridgehead atoms. The Bertz CT molecular complexity index is 555. The summed E-state index contributed by atoms with van der Waals surface area (Å²) in [6.45, 7) is -0.0633. The third-order valence-electron chi connectivity index (χ3n) is 2.36. The van der Waals surface area contributed by atoms with Gasteiger partial charge >= 0.3 is 0 Å². The zero-order valence-corrected chi connectivity index (χ0v) is 10.2. The summed E-state index contributed by atoms with van der Waals surface area (Å²) in [7, 11) is 0. The fourth-order valence-electron chi connectivity index (χ4n) is 1.46. The van der Waals surface area contributed by atoms with Crippen LogP contribution in [0.25, 0.3) is 0 Å². The van der Waals surface area contributed by atoms with E-state index in [0.29, 0.717) is 16.4 Å². The Balaban J connectivity index is 2.13. The molecular formula is C13H11ClN2O2. The van der Waals surface area contributed by atoms with Crippen molar-refractivity contribution in [2.24, 2.45) is 0 Å². The lowest BCUT2D eigenvalue weighted by atomic mass is 10.2. The minimum absolute atomic E-state index is 0.0633. The Hall–Kier alpha value is -1.91. The highest BCUT2D eigenvalue weighted by atomic mass is 35.5. The van der Waals surface area contributed by atoms with Gasteiger partial charge < -0.3 is 10.4 Å². The van der Waals surface area contributed by atoms with Crippen molar-refractivity contribution < 1.29 is 9.90 Å². The number of nitrogens with one attached hydrogen (secondary N) is 1. The van der Waals surface area contributed by atoms with Crippen LogP contribution in [-0.2, 0) is 6.61 Å². The maximum atomic E-state index is 11.9. The Morgan fingerprint density at radius 2 is 2.17 bits per heavy atom. The molecule has 0 fully saturated rings.